The van der Waals surface area contributed by atoms with Crippen molar-refractivity contribution in [1.29, 1.82) is 0 Å². The Balaban J connectivity index is 1.87. The van der Waals surface area contributed by atoms with Gasteiger partial charge < -0.3 is 20.3 Å². The van der Waals surface area contributed by atoms with Gasteiger partial charge in [0.2, 0.25) is 5.91 Å². The van der Waals surface area contributed by atoms with Gasteiger partial charge in [-0.2, -0.15) is 0 Å². The third kappa shape index (κ3) is 3.57. The van der Waals surface area contributed by atoms with Gasteiger partial charge in [-0.3, -0.25) is 9.78 Å². The first-order valence-electron chi connectivity index (χ1n) is 6.43. The van der Waals surface area contributed by atoms with Gasteiger partial charge in [-0.1, -0.05) is 0 Å². The van der Waals surface area contributed by atoms with E-state index in [1.807, 2.05) is 11.0 Å². The molecule has 1 fully saturated rings. The zero-order chi connectivity index (χ0) is 13.7. The van der Waals surface area contributed by atoms with Crippen LogP contribution in [0.3, 0.4) is 0 Å². The van der Waals surface area contributed by atoms with Crippen LogP contribution in [0.5, 0.6) is 0 Å². The lowest BCUT2D eigenvalue weighted by molar-refractivity contribution is -0.132. The van der Waals surface area contributed by atoms with E-state index in [0.29, 0.717) is 18.7 Å². The van der Waals surface area contributed by atoms with Crippen molar-refractivity contribution in [3.05, 3.63) is 18.5 Å². The molecule has 19 heavy (non-hydrogen) atoms. The second-order valence-corrected chi connectivity index (χ2v) is 4.59. The zero-order valence-electron chi connectivity index (χ0n) is 11.2. The monoisotopic (exact) mass is 264 g/mol. The van der Waals surface area contributed by atoms with E-state index in [-0.39, 0.29) is 5.91 Å². The van der Waals surface area contributed by atoms with Crippen molar-refractivity contribution >= 4 is 17.3 Å². The average molecular weight is 264 g/mol. The Kier molecular flexibility index (Phi) is 4.57. The fourth-order valence-corrected chi connectivity index (χ4v) is 2.18. The Labute approximate surface area is 113 Å². The van der Waals surface area contributed by atoms with Crippen molar-refractivity contribution in [2.24, 2.45) is 0 Å². The zero-order valence-corrected chi connectivity index (χ0v) is 11.2. The molecular weight excluding hydrogens is 244 g/mol. The van der Waals surface area contributed by atoms with Gasteiger partial charge in [-0.15, -0.1) is 0 Å². The summed E-state index contributed by atoms with van der Waals surface area (Å²) in [5.41, 5.74) is 7.41. The van der Waals surface area contributed by atoms with Gasteiger partial charge in [-0.05, 0) is 6.07 Å². The molecule has 1 amide bonds. The van der Waals surface area contributed by atoms with Crippen LogP contribution in [0.15, 0.2) is 18.5 Å². The molecular formula is C13H20N4O2. The second kappa shape index (κ2) is 6.38. The number of nitrogens with two attached hydrogens (primary N) is 1. The number of methoxy groups -OCH3 is 1. The minimum Gasteiger partial charge on any atom is -0.397 e. The van der Waals surface area contributed by atoms with Crippen LogP contribution in [0.25, 0.3) is 0 Å². The third-order valence-electron chi connectivity index (χ3n) is 3.26. The van der Waals surface area contributed by atoms with Gasteiger partial charge in [-0.25, -0.2) is 0 Å². The first-order chi connectivity index (χ1) is 9.20. The average Bonchev–Trinajstić information content (AvgIpc) is 2.45. The van der Waals surface area contributed by atoms with Crippen LogP contribution in [-0.2, 0) is 9.53 Å². The molecule has 0 unspecified atom stereocenters. The molecule has 1 aliphatic rings. The summed E-state index contributed by atoms with van der Waals surface area (Å²) < 4.78 is 4.93. The summed E-state index contributed by atoms with van der Waals surface area (Å²) >= 11 is 0. The summed E-state index contributed by atoms with van der Waals surface area (Å²) in [5, 5.41) is 0. The maximum absolute atomic E-state index is 11.8. The van der Waals surface area contributed by atoms with Crippen molar-refractivity contribution in [2.45, 2.75) is 6.42 Å². The van der Waals surface area contributed by atoms with Crippen molar-refractivity contribution < 1.29 is 9.53 Å². The van der Waals surface area contributed by atoms with Gasteiger partial charge in [0.05, 0.1) is 30.6 Å². The molecule has 0 bridgehead atoms. The number of hydrogen-bond acceptors (Lipinski definition) is 5. The van der Waals surface area contributed by atoms with Crippen LogP contribution in [0, 0.1) is 0 Å². The quantitative estimate of drug-likeness (QED) is 0.849. The van der Waals surface area contributed by atoms with E-state index < -0.39 is 0 Å². The molecule has 6 nitrogen and oxygen atoms in total. The number of piperazine rings is 1. The highest BCUT2D eigenvalue weighted by Crippen LogP contribution is 2.17. The van der Waals surface area contributed by atoms with Crippen LogP contribution in [0.2, 0.25) is 0 Å². The highest BCUT2D eigenvalue weighted by Gasteiger charge is 2.21. The molecule has 0 saturated carbocycles. The molecule has 1 saturated heterocycles. The molecule has 2 rings (SSSR count). The maximum atomic E-state index is 11.8. The summed E-state index contributed by atoms with van der Waals surface area (Å²) in [7, 11) is 1.61. The lowest BCUT2D eigenvalue weighted by atomic mass is 10.2. The number of carbonyl (C=O) groups excluding carboxylic acids is 1. The van der Waals surface area contributed by atoms with Gasteiger partial charge >= 0.3 is 0 Å². The minimum absolute atomic E-state index is 0.159. The van der Waals surface area contributed by atoms with E-state index in [2.05, 4.69) is 9.88 Å². The Morgan fingerprint density at radius 2 is 2.11 bits per heavy atom. The topological polar surface area (TPSA) is 71.7 Å². The number of nitrogen functional groups attached to an aromatic ring is 1. The Hall–Kier alpha value is -1.82. The molecule has 1 aromatic rings. The predicted octanol–water partition coefficient (Wildman–Crippen LogP) is 0.349. The Morgan fingerprint density at radius 3 is 2.74 bits per heavy atom. The third-order valence-corrected chi connectivity index (χ3v) is 3.26. The Morgan fingerprint density at radius 1 is 1.37 bits per heavy atom. The van der Waals surface area contributed by atoms with E-state index in [9.17, 15) is 4.79 Å². The number of rotatable bonds is 4. The van der Waals surface area contributed by atoms with E-state index in [1.165, 1.54) is 0 Å². The van der Waals surface area contributed by atoms with E-state index in [1.54, 1.807) is 19.5 Å². The first-order valence-corrected chi connectivity index (χ1v) is 6.43. The molecule has 104 valence electrons. The largest absolute Gasteiger partial charge is 0.397 e. The van der Waals surface area contributed by atoms with Gasteiger partial charge in [0, 0.05) is 39.5 Å². The van der Waals surface area contributed by atoms with Gasteiger partial charge in [0.15, 0.2) is 0 Å². The van der Waals surface area contributed by atoms with Crippen molar-refractivity contribution in [3.63, 3.8) is 0 Å². The lowest BCUT2D eigenvalue weighted by Gasteiger charge is -2.36. The number of anilines is 2. The molecule has 2 heterocycles. The smallest absolute Gasteiger partial charge is 0.225 e. The second-order valence-electron chi connectivity index (χ2n) is 4.59. The maximum Gasteiger partial charge on any atom is 0.225 e. The van der Waals surface area contributed by atoms with Crippen molar-refractivity contribution in [1.82, 2.24) is 9.88 Å². The van der Waals surface area contributed by atoms with Crippen molar-refractivity contribution in [2.75, 3.05) is 50.5 Å². The molecule has 0 radical (unpaired) electrons. The van der Waals surface area contributed by atoms with Crippen LogP contribution in [0.4, 0.5) is 11.4 Å². The van der Waals surface area contributed by atoms with E-state index >= 15 is 0 Å². The highest BCUT2D eigenvalue weighted by atomic mass is 16.5. The standard InChI is InChI=1S/C13H20N4O2/c1-19-7-2-13(18)17-5-3-16(4-6-17)12-8-11(14)9-15-10-12/h8-10H,2-7,14H2,1H3. The van der Waals surface area contributed by atoms with Crippen molar-refractivity contribution in [3.8, 4) is 0 Å². The van der Waals surface area contributed by atoms with E-state index in [0.717, 1.165) is 31.9 Å². The molecule has 6 heteroatoms. The molecule has 0 spiro atoms. The van der Waals surface area contributed by atoms with Crippen LogP contribution < -0.4 is 10.6 Å². The number of nitrogens with zero attached hydrogens (tertiary/aromatic N) is 3. The molecule has 0 atom stereocenters. The molecule has 0 aliphatic carbocycles. The van der Waals surface area contributed by atoms with Crippen LogP contribution in [-0.4, -0.2) is 55.7 Å². The number of amides is 1. The number of aromatic nitrogens is 1. The number of carbonyl (C=O) groups is 1. The summed E-state index contributed by atoms with van der Waals surface area (Å²) in [4.78, 5) is 20.0. The SMILES string of the molecule is COCCC(=O)N1CCN(c2cncc(N)c2)CC1. The molecule has 1 aliphatic heterocycles. The van der Waals surface area contributed by atoms with Crippen LogP contribution >= 0.6 is 0 Å². The number of ether oxygens (including phenoxy) is 1. The number of hydrogen-bond donors (Lipinski definition) is 1. The predicted molar refractivity (Wildman–Crippen MR) is 73.9 cm³/mol. The fraction of sp³-hybridized carbons (Fsp3) is 0.538. The molecule has 2 N–H and O–H groups in total. The normalized spacial score (nSPS) is 15.6. The molecule has 1 aromatic heterocycles. The summed E-state index contributed by atoms with van der Waals surface area (Å²) in [6.07, 6.45) is 3.89. The minimum atomic E-state index is 0.159. The van der Waals surface area contributed by atoms with E-state index in [4.69, 9.17) is 10.5 Å². The highest BCUT2D eigenvalue weighted by molar-refractivity contribution is 5.76. The summed E-state index contributed by atoms with van der Waals surface area (Å²) in [5.74, 6) is 0.159. The summed E-state index contributed by atoms with van der Waals surface area (Å²) in [6, 6.07) is 1.91. The molecule has 0 aromatic carbocycles. The van der Waals surface area contributed by atoms with Crippen LogP contribution in [0.1, 0.15) is 6.42 Å². The fourth-order valence-electron chi connectivity index (χ4n) is 2.18. The lowest BCUT2D eigenvalue weighted by Crippen LogP contribution is -2.49. The van der Waals surface area contributed by atoms with Gasteiger partial charge in [0.1, 0.15) is 0 Å². The Bertz CT molecular complexity index is 430. The van der Waals surface area contributed by atoms with Gasteiger partial charge in [0.25, 0.3) is 0 Å². The summed E-state index contributed by atoms with van der Waals surface area (Å²) in [6.45, 7) is 3.57. The number of pyridine rings is 1. The first kappa shape index (κ1) is 13.6.